The predicted molar refractivity (Wildman–Crippen MR) is 72.8 cm³/mol. The first-order chi connectivity index (χ1) is 8.20. The minimum Gasteiger partial charge on any atom is -0.330 e. The van der Waals surface area contributed by atoms with Gasteiger partial charge >= 0.3 is 0 Å². The van der Waals surface area contributed by atoms with Gasteiger partial charge in [0.2, 0.25) is 0 Å². The molecule has 5 heteroatoms. The van der Waals surface area contributed by atoms with E-state index >= 15 is 0 Å². The summed E-state index contributed by atoms with van der Waals surface area (Å²) in [5.41, 5.74) is 0.777. The molecule has 1 aromatic rings. The first kappa shape index (κ1) is 12.1. The van der Waals surface area contributed by atoms with Gasteiger partial charge < -0.3 is 10.2 Å². The number of benzene rings is 1. The normalized spacial score (nSPS) is 14.4. The molecule has 1 heterocycles. The fourth-order valence-electron chi connectivity index (χ4n) is 1.58. The van der Waals surface area contributed by atoms with E-state index in [0.29, 0.717) is 16.6 Å². The van der Waals surface area contributed by atoms with Crippen LogP contribution >= 0.6 is 23.2 Å². The van der Waals surface area contributed by atoms with E-state index in [-0.39, 0.29) is 0 Å². The van der Waals surface area contributed by atoms with Crippen molar-refractivity contribution in [1.82, 2.24) is 4.90 Å². The van der Waals surface area contributed by atoms with Crippen LogP contribution in [0.5, 0.6) is 0 Å². The summed E-state index contributed by atoms with van der Waals surface area (Å²) in [4.78, 5) is 6.33. The van der Waals surface area contributed by atoms with Gasteiger partial charge in [-0.25, -0.2) is 0 Å². The van der Waals surface area contributed by atoms with Gasteiger partial charge in [0.15, 0.2) is 5.96 Å². The standard InChI is InChI=1S/C12H11Cl2N3/c1-2-6-17-7-5-15-12(17)16-11-4-3-9(13)8-10(11)14/h1,3-4,8H,5-7H2,(H,15,16). The number of nitrogens with one attached hydrogen (secondary N) is 1. The average molecular weight is 268 g/mol. The van der Waals surface area contributed by atoms with Crippen LogP contribution in [-0.4, -0.2) is 30.5 Å². The molecule has 0 spiro atoms. The molecule has 0 amide bonds. The van der Waals surface area contributed by atoms with Crippen LogP contribution in [0.15, 0.2) is 23.2 Å². The molecule has 0 bridgehead atoms. The molecule has 0 aromatic heterocycles. The number of anilines is 1. The summed E-state index contributed by atoms with van der Waals surface area (Å²) in [6, 6.07) is 5.28. The zero-order chi connectivity index (χ0) is 12.3. The molecular weight excluding hydrogens is 257 g/mol. The fraction of sp³-hybridized carbons (Fsp3) is 0.250. The third-order valence-corrected chi connectivity index (χ3v) is 2.94. The lowest BCUT2D eigenvalue weighted by atomic mass is 10.3. The Morgan fingerprint density at radius 1 is 1.47 bits per heavy atom. The van der Waals surface area contributed by atoms with Gasteiger partial charge in [-0.3, -0.25) is 4.99 Å². The zero-order valence-corrected chi connectivity index (χ0v) is 10.6. The predicted octanol–water partition coefficient (Wildman–Crippen LogP) is 2.71. The number of hydrogen-bond acceptors (Lipinski definition) is 3. The quantitative estimate of drug-likeness (QED) is 0.835. The summed E-state index contributed by atoms with van der Waals surface area (Å²) >= 11 is 11.9. The average Bonchev–Trinajstić information content (AvgIpc) is 2.71. The van der Waals surface area contributed by atoms with E-state index in [1.807, 2.05) is 11.0 Å². The van der Waals surface area contributed by atoms with Crippen LogP contribution in [0.25, 0.3) is 0 Å². The number of guanidine groups is 1. The second kappa shape index (κ2) is 5.31. The smallest absolute Gasteiger partial charge is 0.199 e. The van der Waals surface area contributed by atoms with Gasteiger partial charge in [-0.05, 0) is 18.2 Å². The molecule has 17 heavy (non-hydrogen) atoms. The first-order valence-corrected chi connectivity index (χ1v) is 5.91. The number of rotatable bonds is 2. The molecular formula is C12H11Cl2N3. The molecule has 1 aliphatic heterocycles. The summed E-state index contributed by atoms with van der Waals surface area (Å²) in [6.45, 7) is 2.12. The van der Waals surface area contributed by atoms with E-state index in [9.17, 15) is 0 Å². The highest BCUT2D eigenvalue weighted by Gasteiger charge is 2.16. The summed E-state index contributed by atoms with van der Waals surface area (Å²) in [6.07, 6.45) is 5.30. The van der Waals surface area contributed by atoms with Gasteiger partial charge in [0.25, 0.3) is 0 Å². The van der Waals surface area contributed by atoms with Crippen molar-refractivity contribution in [3.8, 4) is 12.3 Å². The van der Waals surface area contributed by atoms with Crippen molar-refractivity contribution < 1.29 is 0 Å². The topological polar surface area (TPSA) is 27.6 Å². The van der Waals surface area contributed by atoms with Gasteiger partial charge in [0.05, 0.1) is 23.8 Å². The first-order valence-electron chi connectivity index (χ1n) is 5.15. The summed E-state index contributed by atoms with van der Waals surface area (Å²) in [5, 5.41) is 4.33. The third kappa shape index (κ3) is 2.85. The molecule has 0 fully saturated rings. The maximum atomic E-state index is 6.07. The fourth-order valence-corrected chi connectivity index (χ4v) is 2.03. The number of terminal acetylenes is 1. The number of aliphatic imine (C=N–C) groups is 1. The summed E-state index contributed by atoms with van der Waals surface area (Å²) in [7, 11) is 0. The van der Waals surface area contributed by atoms with Crippen molar-refractivity contribution >= 4 is 34.8 Å². The molecule has 1 aliphatic rings. The molecule has 1 N–H and O–H groups in total. The maximum absolute atomic E-state index is 6.07. The Bertz CT molecular complexity index is 491. The van der Waals surface area contributed by atoms with Crippen LogP contribution < -0.4 is 5.32 Å². The van der Waals surface area contributed by atoms with Crippen LogP contribution in [0.2, 0.25) is 10.0 Å². The molecule has 0 saturated heterocycles. The highest BCUT2D eigenvalue weighted by Crippen LogP contribution is 2.25. The molecule has 0 unspecified atom stereocenters. The van der Waals surface area contributed by atoms with Gasteiger partial charge in [-0.1, -0.05) is 29.1 Å². The van der Waals surface area contributed by atoms with E-state index in [1.165, 1.54) is 0 Å². The number of hydrogen-bond donors (Lipinski definition) is 1. The van der Waals surface area contributed by atoms with Crippen LogP contribution in [-0.2, 0) is 0 Å². The third-order valence-electron chi connectivity index (χ3n) is 2.39. The Labute approximate surface area is 110 Å². The van der Waals surface area contributed by atoms with Crippen LogP contribution in [0.3, 0.4) is 0 Å². The maximum Gasteiger partial charge on any atom is 0.199 e. The van der Waals surface area contributed by atoms with E-state index in [1.54, 1.807) is 12.1 Å². The Morgan fingerprint density at radius 2 is 2.29 bits per heavy atom. The second-order valence-electron chi connectivity index (χ2n) is 3.58. The van der Waals surface area contributed by atoms with Gasteiger partial charge in [-0.15, -0.1) is 6.42 Å². The lowest BCUT2D eigenvalue weighted by molar-refractivity contribution is 0.513. The second-order valence-corrected chi connectivity index (χ2v) is 4.42. The molecule has 0 atom stereocenters. The van der Waals surface area contributed by atoms with E-state index < -0.39 is 0 Å². The van der Waals surface area contributed by atoms with Crippen molar-refractivity contribution in [1.29, 1.82) is 0 Å². The molecule has 0 saturated carbocycles. The molecule has 2 rings (SSSR count). The SMILES string of the molecule is C#CCN1CCN=C1Nc1ccc(Cl)cc1Cl. The highest BCUT2D eigenvalue weighted by molar-refractivity contribution is 6.36. The molecule has 1 aromatic carbocycles. The Kier molecular flexibility index (Phi) is 3.78. The van der Waals surface area contributed by atoms with E-state index in [2.05, 4.69) is 16.2 Å². The Hall–Kier alpha value is -1.37. The Morgan fingerprint density at radius 3 is 3.00 bits per heavy atom. The molecule has 88 valence electrons. The number of nitrogens with zero attached hydrogens (tertiary/aromatic N) is 2. The van der Waals surface area contributed by atoms with Gasteiger partial charge in [0.1, 0.15) is 0 Å². The Balaban J connectivity index is 2.13. The molecule has 0 aliphatic carbocycles. The van der Waals surface area contributed by atoms with Crippen molar-refractivity contribution in [2.45, 2.75) is 0 Å². The minimum atomic E-state index is 0.539. The summed E-state index contributed by atoms with van der Waals surface area (Å²) < 4.78 is 0. The molecule has 0 radical (unpaired) electrons. The molecule has 3 nitrogen and oxygen atoms in total. The van der Waals surface area contributed by atoms with Crippen molar-refractivity contribution in [2.75, 3.05) is 25.0 Å². The lowest BCUT2D eigenvalue weighted by Crippen LogP contribution is -2.33. The van der Waals surface area contributed by atoms with Crippen LogP contribution in [0.1, 0.15) is 0 Å². The van der Waals surface area contributed by atoms with Crippen LogP contribution in [0, 0.1) is 12.3 Å². The number of halogens is 2. The zero-order valence-electron chi connectivity index (χ0n) is 9.08. The van der Waals surface area contributed by atoms with Crippen molar-refractivity contribution in [2.24, 2.45) is 4.99 Å². The highest BCUT2D eigenvalue weighted by atomic mass is 35.5. The van der Waals surface area contributed by atoms with E-state index in [4.69, 9.17) is 29.6 Å². The summed E-state index contributed by atoms with van der Waals surface area (Å²) in [5.74, 6) is 3.36. The van der Waals surface area contributed by atoms with Crippen LogP contribution in [0.4, 0.5) is 5.69 Å². The van der Waals surface area contributed by atoms with Crippen molar-refractivity contribution in [3.63, 3.8) is 0 Å². The minimum absolute atomic E-state index is 0.539. The van der Waals surface area contributed by atoms with Crippen molar-refractivity contribution in [3.05, 3.63) is 28.2 Å². The van der Waals surface area contributed by atoms with E-state index in [0.717, 1.165) is 24.7 Å². The van der Waals surface area contributed by atoms with Gasteiger partial charge in [-0.2, -0.15) is 0 Å². The lowest BCUT2D eigenvalue weighted by Gasteiger charge is -2.18. The monoisotopic (exact) mass is 267 g/mol. The van der Waals surface area contributed by atoms with Gasteiger partial charge in [0, 0.05) is 11.6 Å². The largest absolute Gasteiger partial charge is 0.330 e.